The van der Waals surface area contributed by atoms with Crippen LogP contribution in [0.2, 0.25) is 0 Å². The lowest BCUT2D eigenvalue weighted by Crippen LogP contribution is -2.32. The first-order valence-electron chi connectivity index (χ1n) is 6.25. The largest absolute Gasteiger partial charge is 0.352 e. The van der Waals surface area contributed by atoms with Gasteiger partial charge in [0, 0.05) is 6.54 Å². The molecule has 0 heterocycles. The molecule has 0 unspecified atom stereocenters. The molecule has 1 aliphatic carbocycles. The third kappa shape index (κ3) is 2.85. The second-order valence-electron chi connectivity index (χ2n) is 4.76. The van der Waals surface area contributed by atoms with Gasteiger partial charge in [0.2, 0.25) is 0 Å². The van der Waals surface area contributed by atoms with E-state index in [1.807, 2.05) is 0 Å². The number of carbonyl (C=O) groups is 1. The van der Waals surface area contributed by atoms with E-state index in [4.69, 9.17) is 5.84 Å². The Morgan fingerprint density at radius 3 is 2.70 bits per heavy atom. The summed E-state index contributed by atoms with van der Waals surface area (Å²) in [4.78, 5) is 22.1. The molecule has 1 aromatic carbocycles. The molecule has 2 rings (SSSR count). The van der Waals surface area contributed by atoms with Crippen LogP contribution in [0.1, 0.15) is 29.6 Å². The maximum atomic E-state index is 13.5. The lowest BCUT2D eigenvalue weighted by Gasteiger charge is -2.25. The predicted octanol–water partition coefficient (Wildman–Crippen LogP) is 1.55. The fourth-order valence-electron chi connectivity index (χ4n) is 2.04. The number of nitro groups is 1. The number of nitrogens with two attached hydrogens (primary N) is 1. The molecule has 1 aliphatic rings. The number of anilines is 1. The molecular weight excluding hydrogens is 267 g/mol. The maximum absolute atomic E-state index is 13.5. The molecule has 4 N–H and O–H groups in total. The van der Waals surface area contributed by atoms with E-state index in [0.717, 1.165) is 25.3 Å². The fourth-order valence-corrected chi connectivity index (χ4v) is 2.04. The van der Waals surface area contributed by atoms with Crippen LogP contribution < -0.4 is 16.6 Å². The zero-order chi connectivity index (χ0) is 14.7. The second kappa shape index (κ2) is 5.83. The van der Waals surface area contributed by atoms with Gasteiger partial charge in [-0.2, -0.15) is 0 Å². The molecule has 20 heavy (non-hydrogen) atoms. The summed E-state index contributed by atoms with van der Waals surface area (Å²) < 4.78 is 13.5. The van der Waals surface area contributed by atoms with Gasteiger partial charge in [-0.15, -0.1) is 0 Å². The molecule has 0 saturated heterocycles. The van der Waals surface area contributed by atoms with Crippen LogP contribution in [0.3, 0.4) is 0 Å². The summed E-state index contributed by atoms with van der Waals surface area (Å²) in [6.45, 7) is 0.471. The van der Waals surface area contributed by atoms with E-state index in [1.165, 1.54) is 0 Å². The summed E-state index contributed by atoms with van der Waals surface area (Å²) in [6.07, 6.45) is 3.22. The monoisotopic (exact) mass is 282 g/mol. The highest BCUT2D eigenvalue weighted by atomic mass is 19.1. The summed E-state index contributed by atoms with van der Waals surface area (Å²) in [5.41, 5.74) is 1.12. The van der Waals surface area contributed by atoms with Gasteiger partial charge in [0.25, 0.3) is 11.6 Å². The molecule has 0 spiro atoms. The normalized spacial score (nSPS) is 14.5. The van der Waals surface area contributed by atoms with Crippen LogP contribution in [-0.2, 0) is 0 Å². The fraction of sp³-hybridized carbons (Fsp3) is 0.417. The molecule has 1 fully saturated rings. The summed E-state index contributed by atoms with van der Waals surface area (Å²) in [5.74, 6) is 4.05. The SMILES string of the molecule is NNc1cc(C(=O)NCC2CCC2)c([N+](=O)[O-])cc1F. The van der Waals surface area contributed by atoms with Crippen molar-refractivity contribution in [2.75, 3.05) is 12.0 Å². The van der Waals surface area contributed by atoms with E-state index in [2.05, 4.69) is 10.7 Å². The standard InChI is InChI=1S/C12H15FN4O3/c13-9-5-11(17(19)20)8(4-10(9)16-14)12(18)15-6-7-2-1-3-7/h4-5,7,16H,1-3,6,14H2,(H,15,18). The molecular formula is C12H15FN4O3. The van der Waals surface area contributed by atoms with Crippen LogP contribution in [-0.4, -0.2) is 17.4 Å². The summed E-state index contributed by atoms with van der Waals surface area (Å²) in [7, 11) is 0. The zero-order valence-electron chi connectivity index (χ0n) is 10.7. The first-order valence-corrected chi connectivity index (χ1v) is 6.25. The van der Waals surface area contributed by atoms with Gasteiger partial charge in [-0.1, -0.05) is 6.42 Å². The number of nitro benzene ring substituents is 1. The Morgan fingerprint density at radius 2 is 2.20 bits per heavy atom. The predicted molar refractivity (Wildman–Crippen MR) is 70.5 cm³/mol. The Morgan fingerprint density at radius 1 is 1.50 bits per heavy atom. The number of halogens is 1. The minimum atomic E-state index is -0.880. The van der Waals surface area contributed by atoms with Gasteiger partial charge < -0.3 is 10.7 Å². The molecule has 0 aliphatic heterocycles. The van der Waals surface area contributed by atoms with Crippen LogP contribution in [0, 0.1) is 21.8 Å². The third-order valence-corrected chi connectivity index (χ3v) is 3.46. The van der Waals surface area contributed by atoms with E-state index in [1.54, 1.807) is 0 Å². The number of amides is 1. The number of hydrogen-bond acceptors (Lipinski definition) is 5. The van der Waals surface area contributed by atoms with Crippen molar-refractivity contribution in [3.8, 4) is 0 Å². The van der Waals surface area contributed by atoms with Crippen molar-refractivity contribution in [2.45, 2.75) is 19.3 Å². The highest BCUT2D eigenvalue weighted by Crippen LogP contribution is 2.27. The number of hydrogen-bond donors (Lipinski definition) is 3. The second-order valence-corrected chi connectivity index (χ2v) is 4.76. The smallest absolute Gasteiger partial charge is 0.285 e. The molecule has 0 aromatic heterocycles. The van der Waals surface area contributed by atoms with Gasteiger partial charge in [0.05, 0.1) is 16.7 Å². The Balaban J connectivity index is 2.22. The molecule has 108 valence electrons. The molecule has 1 saturated carbocycles. The average Bonchev–Trinajstić information content (AvgIpc) is 2.36. The summed E-state index contributed by atoms with van der Waals surface area (Å²) in [6, 6.07) is 1.73. The van der Waals surface area contributed by atoms with Crippen LogP contribution >= 0.6 is 0 Å². The molecule has 1 amide bonds. The lowest BCUT2D eigenvalue weighted by atomic mass is 9.85. The molecule has 7 nitrogen and oxygen atoms in total. The van der Waals surface area contributed by atoms with E-state index in [9.17, 15) is 19.3 Å². The van der Waals surface area contributed by atoms with Crippen LogP contribution in [0.5, 0.6) is 0 Å². The molecule has 0 bridgehead atoms. The van der Waals surface area contributed by atoms with Crippen LogP contribution in [0.25, 0.3) is 0 Å². The van der Waals surface area contributed by atoms with Crippen molar-refractivity contribution in [1.29, 1.82) is 0 Å². The van der Waals surface area contributed by atoms with Crippen molar-refractivity contribution >= 4 is 17.3 Å². The average molecular weight is 282 g/mol. The Hall–Kier alpha value is -2.22. The van der Waals surface area contributed by atoms with Crippen molar-refractivity contribution in [3.63, 3.8) is 0 Å². The van der Waals surface area contributed by atoms with Crippen LogP contribution in [0.4, 0.5) is 15.8 Å². The lowest BCUT2D eigenvalue weighted by molar-refractivity contribution is -0.385. The highest BCUT2D eigenvalue weighted by Gasteiger charge is 2.25. The Kier molecular flexibility index (Phi) is 4.14. The molecule has 8 heteroatoms. The minimum absolute atomic E-state index is 0.163. The molecule has 1 aromatic rings. The number of benzene rings is 1. The number of carbonyl (C=O) groups excluding carboxylic acids is 1. The highest BCUT2D eigenvalue weighted by molar-refractivity contribution is 5.99. The van der Waals surface area contributed by atoms with Gasteiger partial charge in [-0.05, 0) is 24.8 Å². The van der Waals surface area contributed by atoms with Gasteiger partial charge in [-0.25, -0.2) is 4.39 Å². The Bertz CT molecular complexity index is 546. The number of rotatable bonds is 5. The van der Waals surface area contributed by atoms with Gasteiger partial charge >= 0.3 is 0 Å². The topological polar surface area (TPSA) is 110 Å². The van der Waals surface area contributed by atoms with E-state index >= 15 is 0 Å². The van der Waals surface area contributed by atoms with Crippen molar-refractivity contribution in [1.82, 2.24) is 5.32 Å². The van der Waals surface area contributed by atoms with Crippen molar-refractivity contribution in [3.05, 3.63) is 33.6 Å². The summed E-state index contributed by atoms with van der Waals surface area (Å²) in [5, 5.41) is 13.5. The van der Waals surface area contributed by atoms with E-state index < -0.39 is 22.3 Å². The first-order chi connectivity index (χ1) is 9.52. The van der Waals surface area contributed by atoms with Gasteiger partial charge in [0.15, 0.2) is 5.82 Å². The summed E-state index contributed by atoms with van der Waals surface area (Å²) >= 11 is 0. The third-order valence-electron chi connectivity index (χ3n) is 3.46. The Labute approximate surface area is 114 Å². The molecule has 0 radical (unpaired) electrons. The van der Waals surface area contributed by atoms with Crippen LogP contribution in [0.15, 0.2) is 12.1 Å². The first kappa shape index (κ1) is 14.2. The zero-order valence-corrected chi connectivity index (χ0v) is 10.7. The maximum Gasteiger partial charge on any atom is 0.285 e. The number of nitrogens with zero attached hydrogens (tertiary/aromatic N) is 1. The quantitative estimate of drug-likeness (QED) is 0.431. The molecule has 0 atom stereocenters. The number of hydrazine groups is 1. The van der Waals surface area contributed by atoms with Gasteiger partial charge in [-0.3, -0.25) is 20.8 Å². The van der Waals surface area contributed by atoms with E-state index in [-0.39, 0.29) is 11.3 Å². The van der Waals surface area contributed by atoms with E-state index in [0.29, 0.717) is 18.5 Å². The number of nitrogen functional groups attached to an aromatic ring is 1. The minimum Gasteiger partial charge on any atom is -0.352 e. The van der Waals surface area contributed by atoms with Crippen molar-refractivity contribution in [2.24, 2.45) is 11.8 Å². The van der Waals surface area contributed by atoms with Crippen molar-refractivity contribution < 1.29 is 14.1 Å². The number of nitrogens with one attached hydrogen (secondary N) is 2. The van der Waals surface area contributed by atoms with Gasteiger partial charge in [0.1, 0.15) is 5.56 Å².